The van der Waals surface area contributed by atoms with Crippen molar-refractivity contribution in [3.63, 3.8) is 0 Å². The zero-order chi connectivity index (χ0) is 13.9. The highest BCUT2D eigenvalue weighted by Crippen LogP contribution is 2.30. The number of methoxy groups -OCH3 is 1. The van der Waals surface area contributed by atoms with Gasteiger partial charge >= 0.3 is 5.97 Å². The molecule has 0 saturated heterocycles. The van der Waals surface area contributed by atoms with Gasteiger partial charge in [0.15, 0.2) is 11.6 Å². The third-order valence-corrected chi connectivity index (χ3v) is 3.00. The molecule has 1 N–H and O–H groups in total. The lowest BCUT2D eigenvalue weighted by molar-refractivity contribution is -0.140. The summed E-state index contributed by atoms with van der Waals surface area (Å²) < 4.78 is 31.1. The van der Waals surface area contributed by atoms with Gasteiger partial charge in [-0.3, -0.25) is 9.59 Å². The van der Waals surface area contributed by atoms with Crippen LogP contribution in [0, 0.1) is 11.6 Å². The lowest BCUT2D eigenvalue weighted by Crippen LogP contribution is -2.10. The van der Waals surface area contributed by atoms with Crippen LogP contribution >= 0.6 is 15.9 Å². The van der Waals surface area contributed by atoms with Crippen LogP contribution in [0.3, 0.4) is 0 Å². The molecule has 0 bridgehead atoms. The summed E-state index contributed by atoms with van der Waals surface area (Å²) in [5, 5.41) is 8.44. The van der Waals surface area contributed by atoms with Gasteiger partial charge in [0.25, 0.3) is 0 Å². The molecule has 0 aliphatic heterocycles. The molecule has 1 rings (SSSR count). The van der Waals surface area contributed by atoms with E-state index >= 15 is 0 Å². The van der Waals surface area contributed by atoms with Gasteiger partial charge in [0.05, 0.1) is 11.6 Å². The van der Waals surface area contributed by atoms with Crippen LogP contribution < -0.4 is 4.74 Å². The molecule has 0 aliphatic carbocycles. The fraction of sp³-hybridized carbons (Fsp3) is 0.273. The van der Waals surface area contributed by atoms with Gasteiger partial charge in [-0.05, 0) is 27.6 Å². The van der Waals surface area contributed by atoms with Crippen LogP contribution in [0.25, 0.3) is 0 Å². The Bertz CT molecular complexity index is 502. The normalized spacial score (nSPS) is 10.2. The molecule has 0 spiro atoms. The van der Waals surface area contributed by atoms with Crippen molar-refractivity contribution >= 4 is 27.7 Å². The Morgan fingerprint density at radius 3 is 2.50 bits per heavy atom. The van der Waals surface area contributed by atoms with Crippen LogP contribution in [0.1, 0.15) is 12.0 Å². The summed E-state index contributed by atoms with van der Waals surface area (Å²) >= 11 is 2.82. The molecule has 1 aromatic rings. The Morgan fingerprint density at radius 2 is 2.00 bits per heavy atom. The van der Waals surface area contributed by atoms with E-state index in [1.807, 2.05) is 0 Å². The number of ketones is 1. The van der Waals surface area contributed by atoms with E-state index in [4.69, 9.17) is 5.11 Å². The number of halogens is 3. The van der Waals surface area contributed by atoms with Crippen molar-refractivity contribution < 1.29 is 28.2 Å². The second-order valence-electron chi connectivity index (χ2n) is 3.47. The molecular weight excluding hydrogens is 314 g/mol. The molecule has 7 heteroatoms. The standard InChI is InChI=1S/C11H9BrF2O4/c1-18-7-3-5(2-6(15)4-8(16)17)9(12)11(14)10(7)13/h3H,2,4H2,1H3,(H,16,17). The second kappa shape index (κ2) is 5.90. The molecule has 0 radical (unpaired) electrons. The molecule has 0 saturated carbocycles. The summed E-state index contributed by atoms with van der Waals surface area (Å²) in [6, 6.07) is 1.16. The summed E-state index contributed by atoms with van der Waals surface area (Å²) in [5.41, 5.74) is 0.136. The SMILES string of the molecule is COc1cc(CC(=O)CC(=O)O)c(Br)c(F)c1F. The van der Waals surface area contributed by atoms with Gasteiger partial charge in [0.2, 0.25) is 5.82 Å². The first-order valence-electron chi connectivity index (χ1n) is 4.80. The van der Waals surface area contributed by atoms with Crippen molar-refractivity contribution in [2.24, 2.45) is 0 Å². The topological polar surface area (TPSA) is 63.6 Å². The third-order valence-electron chi connectivity index (χ3n) is 2.14. The van der Waals surface area contributed by atoms with E-state index in [9.17, 15) is 18.4 Å². The van der Waals surface area contributed by atoms with Crippen LogP contribution in [-0.2, 0) is 16.0 Å². The summed E-state index contributed by atoms with van der Waals surface area (Å²) in [4.78, 5) is 21.6. The van der Waals surface area contributed by atoms with Crippen molar-refractivity contribution in [1.29, 1.82) is 0 Å². The van der Waals surface area contributed by atoms with Crippen molar-refractivity contribution in [1.82, 2.24) is 0 Å². The van der Waals surface area contributed by atoms with Crippen LogP contribution in [0.15, 0.2) is 10.5 Å². The Labute approximate surface area is 110 Å². The highest BCUT2D eigenvalue weighted by molar-refractivity contribution is 9.10. The van der Waals surface area contributed by atoms with Gasteiger partial charge in [-0.2, -0.15) is 4.39 Å². The maximum Gasteiger partial charge on any atom is 0.310 e. The van der Waals surface area contributed by atoms with Gasteiger partial charge in [-0.15, -0.1) is 0 Å². The average Bonchev–Trinajstić information content (AvgIpc) is 2.29. The summed E-state index contributed by atoms with van der Waals surface area (Å²) in [7, 11) is 1.16. The van der Waals surface area contributed by atoms with Gasteiger partial charge in [-0.1, -0.05) is 0 Å². The lowest BCUT2D eigenvalue weighted by Gasteiger charge is -2.09. The van der Waals surface area contributed by atoms with Gasteiger partial charge in [-0.25, -0.2) is 4.39 Å². The molecule has 0 fully saturated rings. The molecule has 4 nitrogen and oxygen atoms in total. The van der Waals surface area contributed by atoms with Gasteiger partial charge in [0, 0.05) is 6.42 Å². The second-order valence-corrected chi connectivity index (χ2v) is 4.26. The zero-order valence-corrected chi connectivity index (χ0v) is 10.9. The predicted molar refractivity (Wildman–Crippen MR) is 61.6 cm³/mol. The summed E-state index contributed by atoms with van der Waals surface area (Å²) in [6.45, 7) is 0. The van der Waals surface area contributed by atoms with Crippen molar-refractivity contribution in [3.05, 3.63) is 27.7 Å². The first-order chi connectivity index (χ1) is 8.36. The van der Waals surface area contributed by atoms with E-state index in [0.29, 0.717) is 0 Å². The first kappa shape index (κ1) is 14.6. The molecule has 0 unspecified atom stereocenters. The monoisotopic (exact) mass is 322 g/mol. The Balaban J connectivity index is 3.06. The minimum atomic E-state index is -1.27. The smallest absolute Gasteiger partial charge is 0.310 e. The maximum absolute atomic E-state index is 13.4. The van der Waals surface area contributed by atoms with E-state index in [1.54, 1.807) is 0 Å². The Kier molecular flexibility index (Phi) is 4.77. The lowest BCUT2D eigenvalue weighted by atomic mass is 10.1. The molecule has 0 amide bonds. The number of Topliss-reactive ketones (excluding diaryl/α,β-unsaturated/α-hetero) is 1. The van der Waals surface area contributed by atoms with Crippen molar-refractivity contribution in [3.8, 4) is 5.75 Å². The highest BCUT2D eigenvalue weighted by atomic mass is 79.9. The predicted octanol–water partition coefficient (Wildman–Crippen LogP) is 2.32. The Morgan fingerprint density at radius 1 is 1.39 bits per heavy atom. The zero-order valence-electron chi connectivity index (χ0n) is 9.30. The van der Waals surface area contributed by atoms with E-state index < -0.39 is 29.8 Å². The number of hydrogen-bond donors (Lipinski definition) is 1. The molecule has 0 aliphatic rings. The fourth-order valence-corrected chi connectivity index (χ4v) is 1.78. The van der Waals surface area contributed by atoms with Crippen LogP contribution in [0.4, 0.5) is 8.78 Å². The minimum Gasteiger partial charge on any atom is -0.494 e. The van der Waals surface area contributed by atoms with Crippen LogP contribution in [0.2, 0.25) is 0 Å². The summed E-state index contributed by atoms with van der Waals surface area (Å²) in [5.74, 6) is -4.57. The van der Waals surface area contributed by atoms with Crippen LogP contribution in [-0.4, -0.2) is 24.0 Å². The molecule has 0 heterocycles. The van der Waals surface area contributed by atoms with Gasteiger partial charge < -0.3 is 9.84 Å². The maximum atomic E-state index is 13.4. The number of hydrogen-bond acceptors (Lipinski definition) is 3. The number of carboxylic acids is 1. The molecule has 0 atom stereocenters. The molecule has 1 aromatic carbocycles. The van der Waals surface area contributed by atoms with Crippen molar-refractivity contribution in [2.75, 3.05) is 7.11 Å². The largest absolute Gasteiger partial charge is 0.494 e. The molecular formula is C11H9BrF2O4. The number of aliphatic carboxylic acids is 1. The number of carbonyl (C=O) groups excluding carboxylic acids is 1. The number of carboxylic acid groups (broad SMARTS) is 1. The average molecular weight is 323 g/mol. The van der Waals surface area contributed by atoms with Gasteiger partial charge in [0.1, 0.15) is 12.2 Å². The van der Waals surface area contributed by atoms with E-state index in [2.05, 4.69) is 20.7 Å². The number of rotatable bonds is 5. The quantitative estimate of drug-likeness (QED) is 0.667. The summed E-state index contributed by atoms with van der Waals surface area (Å²) in [6.07, 6.45) is -0.992. The molecule has 18 heavy (non-hydrogen) atoms. The van der Waals surface area contributed by atoms with E-state index in [-0.39, 0.29) is 22.2 Å². The van der Waals surface area contributed by atoms with Crippen LogP contribution in [0.5, 0.6) is 5.75 Å². The van der Waals surface area contributed by atoms with E-state index in [0.717, 1.165) is 13.2 Å². The number of benzene rings is 1. The fourth-order valence-electron chi connectivity index (χ4n) is 1.35. The minimum absolute atomic E-state index is 0.136. The Hall–Kier alpha value is -1.50. The van der Waals surface area contributed by atoms with E-state index in [1.165, 1.54) is 0 Å². The van der Waals surface area contributed by atoms with Crippen molar-refractivity contribution in [2.45, 2.75) is 12.8 Å². The number of carbonyl (C=O) groups is 2. The third kappa shape index (κ3) is 3.25. The first-order valence-corrected chi connectivity index (χ1v) is 5.60. The highest BCUT2D eigenvalue weighted by Gasteiger charge is 2.19. The molecule has 0 aromatic heterocycles. The number of ether oxygens (including phenoxy) is 1. The molecule has 98 valence electrons.